The number of benzene rings is 2. The molecule has 148 valence electrons. The van der Waals surface area contributed by atoms with Crippen LogP contribution < -0.4 is 10.6 Å². The topological polar surface area (TPSA) is 116 Å². The number of rotatable bonds is 9. The molecule has 2 aromatic rings. The predicted octanol–water partition coefficient (Wildman–Crippen LogP) is 3.71. The fraction of sp³-hybridized carbons (Fsp3) is 0.211. The molecule has 0 aliphatic carbocycles. The molecule has 0 aliphatic rings. The third-order valence-electron chi connectivity index (χ3n) is 3.87. The number of amides is 1. The summed E-state index contributed by atoms with van der Waals surface area (Å²) in [5.74, 6) is -2.96. The van der Waals surface area contributed by atoms with Crippen molar-refractivity contribution in [2.75, 3.05) is 5.32 Å². The van der Waals surface area contributed by atoms with Crippen LogP contribution in [0, 0.1) is 0 Å². The highest BCUT2D eigenvalue weighted by atomic mass is 35.5. The van der Waals surface area contributed by atoms with E-state index in [0.717, 1.165) is 0 Å². The molecule has 0 bridgehead atoms. The Balaban J connectivity index is 2.13. The second-order valence-corrected chi connectivity index (χ2v) is 6.76. The average molecular weight is 425 g/mol. The SMILES string of the molecule is O=C(O)CC[C@@H](NC(=O)Cc1ccccc1Nc1c(Cl)cccc1Cl)C(=O)O. The van der Waals surface area contributed by atoms with Gasteiger partial charge in [-0.15, -0.1) is 0 Å². The normalized spacial score (nSPS) is 11.5. The Kier molecular flexibility index (Phi) is 7.66. The smallest absolute Gasteiger partial charge is 0.326 e. The van der Waals surface area contributed by atoms with Crippen LogP contribution in [0.4, 0.5) is 11.4 Å². The molecule has 0 spiro atoms. The van der Waals surface area contributed by atoms with Crippen LogP contribution in [-0.2, 0) is 20.8 Å². The van der Waals surface area contributed by atoms with Gasteiger partial charge in [0.15, 0.2) is 0 Å². The second-order valence-electron chi connectivity index (χ2n) is 5.95. The lowest BCUT2D eigenvalue weighted by Crippen LogP contribution is -2.41. The number of aliphatic carboxylic acids is 2. The number of para-hydroxylation sites is 2. The van der Waals surface area contributed by atoms with Gasteiger partial charge < -0.3 is 20.8 Å². The van der Waals surface area contributed by atoms with Crippen LogP contribution in [0.2, 0.25) is 10.0 Å². The summed E-state index contributed by atoms with van der Waals surface area (Å²) in [5, 5.41) is 24.1. The van der Waals surface area contributed by atoms with E-state index in [-0.39, 0.29) is 19.3 Å². The van der Waals surface area contributed by atoms with Gasteiger partial charge in [0, 0.05) is 12.1 Å². The summed E-state index contributed by atoms with van der Waals surface area (Å²) < 4.78 is 0. The minimum absolute atomic E-state index is 0.109. The van der Waals surface area contributed by atoms with E-state index in [1.54, 1.807) is 42.5 Å². The van der Waals surface area contributed by atoms with Gasteiger partial charge in [0.05, 0.1) is 22.2 Å². The highest BCUT2D eigenvalue weighted by Crippen LogP contribution is 2.33. The lowest BCUT2D eigenvalue weighted by molar-refractivity contribution is -0.143. The number of hydrogen-bond acceptors (Lipinski definition) is 4. The van der Waals surface area contributed by atoms with E-state index in [1.165, 1.54) is 0 Å². The van der Waals surface area contributed by atoms with Crippen LogP contribution >= 0.6 is 23.2 Å². The number of carbonyl (C=O) groups excluding carboxylic acids is 1. The number of carbonyl (C=O) groups is 3. The molecule has 0 heterocycles. The molecule has 0 saturated carbocycles. The van der Waals surface area contributed by atoms with Gasteiger partial charge in [0.2, 0.25) is 5.91 Å². The van der Waals surface area contributed by atoms with Crippen LogP contribution in [0.15, 0.2) is 42.5 Å². The van der Waals surface area contributed by atoms with Crippen molar-refractivity contribution < 1.29 is 24.6 Å². The Morgan fingerprint density at radius 2 is 1.61 bits per heavy atom. The summed E-state index contributed by atoms with van der Waals surface area (Å²) in [7, 11) is 0. The van der Waals surface area contributed by atoms with Crippen molar-refractivity contribution in [3.8, 4) is 0 Å². The summed E-state index contributed by atoms with van der Waals surface area (Å²) in [6, 6.07) is 10.7. The van der Waals surface area contributed by atoms with Gasteiger partial charge in [-0.25, -0.2) is 4.79 Å². The van der Waals surface area contributed by atoms with E-state index in [0.29, 0.717) is 27.0 Å². The van der Waals surface area contributed by atoms with E-state index < -0.39 is 23.9 Å². The molecule has 0 fully saturated rings. The molecular formula is C19H18Cl2N2O5. The van der Waals surface area contributed by atoms with Crippen molar-refractivity contribution in [2.24, 2.45) is 0 Å². The standard InChI is InChI=1S/C19H18Cl2N2O5/c20-12-5-3-6-13(21)18(12)23-14-7-2-1-4-11(14)10-16(24)22-15(19(27)28)8-9-17(25)26/h1-7,15,23H,8-10H2,(H,22,24)(H,25,26)(H,27,28)/t15-/m1/s1. The van der Waals surface area contributed by atoms with Gasteiger partial charge in [-0.1, -0.05) is 47.5 Å². The van der Waals surface area contributed by atoms with E-state index in [1.807, 2.05) is 0 Å². The quantitative estimate of drug-likeness (QED) is 0.487. The Bertz CT molecular complexity index is 868. The molecule has 0 saturated heterocycles. The first-order valence-corrected chi connectivity index (χ1v) is 9.06. The molecule has 0 unspecified atom stereocenters. The number of carboxylic acid groups (broad SMARTS) is 2. The molecule has 1 atom stereocenters. The molecule has 0 radical (unpaired) electrons. The number of halogens is 2. The predicted molar refractivity (Wildman–Crippen MR) is 106 cm³/mol. The van der Waals surface area contributed by atoms with Gasteiger partial charge >= 0.3 is 11.9 Å². The number of carboxylic acids is 2. The Morgan fingerprint density at radius 3 is 2.21 bits per heavy atom. The zero-order chi connectivity index (χ0) is 20.7. The zero-order valence-corrected chi connectivity index (χ0v) is 16.1. The Labute approximate surface area is 171 Å². The molecule has 1 amide bonds. The average Bonchev–Trinajstić information content (AvgIpc) is 2.62. The number of anilines is 2. The molecule has 7 nitrogen and oxygen atoms in total. The van der Waals surface area contributed by atoms with Gasteiger partial charge in [0.1, 0.15) is 6.04 Å². The monoisotopic (exact) mass is 424 g/mol. The summed E-state index contributed by atoms with van der Waals surface area (Å²) >= 11 is 12.3. The minimum Gasteiger partial charge on any atom is -0.481 e. The molecule has 9 heteroatoms. The molecule has 2 aromatic carbocycles. The minimum atomic E-state index is -1.29. The van der Waals surface area contributed by atoms with Crippen LogP contribution in [0.1, 0.15) is 18.4 Å². The first-order chi connectivity index (χ1) is 13.3. The highest BCUT2D eigenvalue weighted by Gasteiger charge is 2.21. The Morgan fingerprint density at radius 1 is 0.964 bits per heavy atom. The van der Waals surface area contributed by atoms with Gasteiger partial charge in [-0.3, -0.25) is 9.59 Å². The summed E-state index contributed by atoms with van der Waals surface area (Å²) in [6.07, 6.45) is -0.673. The lowest BCUT2D eigenvalue weighted by Gasteiger charge is -2.16. The Hall–Kier alpha value is -2.77. The van der Waals surface area contributed by atoms with Gasteiger partial charge in [-0.2, -0.15) is 0 Å². The van der Waals surface area contributed by atoms with Gasteiger partial charge in [-0.05, 0) is 30.2 Å². The third kappa shape index (κ3) is 6.14. The molecule has 28 heavy (non-hydrogen) atoms. The van der Waals surface area contributed by atoms with Crippen molar-refractivity contribution in [3.05, 3.63) is 58.1 Å². The fourth-order valence-corrected chi connectivity index (χ4v) is 2.98. The van der Waals surface area contributed by atoms with E-state index in [4.69, 9.17) is 33.4 Å². The maximum absolute atomic E-state index is 12.3. The van der Waals surface area contributed by atoms with E-state index >= 15 is 0 Å². The number of nitrogens with one attached hydrogen (secondary N) is 2. The van der Waals surface area contributed by atoms with Crippen molar-refractivity contribution in [2.45, 2.75) is 25.3 Å². The van der Waals surface area contributed by atoms with Gasteiger partial charge in [0.25, 0.3) is 0 Å². The molecule has 2 rings (SSSR count). The van der Waals surface area contributed by atoms with E-state index in [9.17, 15) is 14.4 Å². The summed E-state index contributed by atoms with van der Waals surface area (Å²) in [4.78, 5) is 34.2. The summed E-state index contributed by atoms with van der Waals surface area (Å²) in [5.41, 5.74) is 1.67. The first-order valence-electron chi connectivity index (χ1n) is 8.31. The van der Waals surface area contributed by atoms with Crippen LogP contribution in [0.3, 0.4) is 0 Å². The van der Waals surface area contributed by atoms with E-state index in [2.05, 4.69) is 10.6 Å². The maximum Gasteiger partial charge on any atom is 0.326 e. The first kappa shape index (κ1) is 21.5. The molecular weight excluding hydrogens is 407 g/mol. The van der Waals surface area contributed by atoms with Crippen LogP contribution in [-0.4, -0.2) is 34.1 Å². The fourth-order valence-electron chi connectivity index (χ4n) is 2.49. The highest BCUT2D eigenvalue weighted by molar-refractivity contribution is 6.39. The molecule has 0 aliphatic heterocycles. The lowest BCUT2D eigenvalue weighted by atomic mass is 10.1. The number of hydrogen-bond donors (Lipinski definition) is 4. The van der Waals surface area contributed by atoms with Crippen molar-refractivity contribution >= 4 is 52.4 Å². The van der Waals surface area contributed by atoms with Crippen LogP contribution in [0.5, 0.6) is 0 Å². The zero-order valence-electron chi connectivity index (χ0n) is 14.6. The van der Waals surface area contributed by atoms with Crippen LogP contribution in [0.25, 0.3) is 0 Å². The summed E-state index contributed by atoms with van der Waals surface area (Å²) in [6.45, 7) is 0. The van der Waals surface area contributed by atoms with Crippen molar-refractivity contribution in [1.82, 2.24) is 5.32 Å². The third-order valence-corrected chi connectivity index (χ3v) is 4.50. The maximum atomic E-state index is 12.3. The van der Waals surface area contributed by atoms with Crippen molar-refractivity contribution in [3.63, 3.8) is 0 Å². The van der Waals surface area contributed by atoms with Crippen molar-refractivity contribution in [1.29, 1.82) is 0 Å². The molecule has 0 aromatic heterocycles. The molecule has 4 N–H and O–H groups in total. The second kappa shape index (κ2) is 9.96. The largest absolute Gasteiger partial charge is 0.481 e.